The molecule has 1 aliphatic heterocycles. The molecule has 6 nitrogen and oxygen atoms in total. The number of hydrogen-bond donors (Lipinski definition) is 0. The van der Waals surface area contributed by atoms with Gasteiger partial charge in [0, 0.05) is 51.2 Å². The number of carbonyl (C=O) groups excluding carboxylic acids is 2. The van der Waals surface area contributed by atoms with Crippen LogP contribution in [0.4, 0.5) is 0 Å². The lowest BCUT2D eigenvalue weighted by molar-refractivity contribution is -0.149. The number of piperidine rings is 1. The van der Waals surface area contributed by atoms with Crippen molar-refractivity contribution >= 4 is 11.8 Å². The first-order valence-corrected chi connectivity index (χ1v) is 11.0. The smallest absolute Gasteiger partial charge is 0.230 e. The van der Waals surface area contributed by atoms with Gasteiger partial charge >= 0.3 is 0 Å². The average Bonchev–Trinajstić information content (AvgIpc) is 3.46. The fourth-order valence-corrected chi connectivity index (χ4v) is 5.09. The number of likely N-dealkylation sites (tertiary alicyclic amines) is 1. The minimum absolute atomic E-state index is 0.0593. The predicted molar refractivity (Wildman–Crippen MR) is 115 cm³/mol. The highest BCUT2D eigenvalue weighted by Crippen LogP contribution is 2.38. The zero-order chi connectivity index (χ0) is 21.1. The highest BCUT2D eigenvalue weighted by Gasteiger charge is 2.46. The lowest BCUT2D eigenvalue weighted by Crippen LogP contribution is -2.55. The number of aromatic nitrogens is 1. The van der Waals surface area contributed by atoms with Gasteiger partial charge in [0.15, 0.2) is 0 Å². The fraction of sp³-hybridized carbons (Fsp3) is 0.542. The van der Waals surface area contributed by atoms with Crippen LogP contribution < -0.4 is 0 Å². The molecular weight excluding hydrogens is 378 g/mol. The van der Waals surface area contributed by atoms with Crippen molar-refractivity contribution in [2.24, 2.45) is 11.3 Å². The average molecular weight is 410 g/mol. The van der Waals surface area contributed by atoms with Gasteiger partial charge in [0.05, 0.1) is 5.41 Å². The highest BCUT2D eigenvalue weighted by atomic mass is 16.5. The number of carbonyl (C=O) groups is 2. The van der Waals surface area contributed by atoms with Crippen LogP contribution in [-0.4, -0.2) is 54.0 Å². The van der Waals surface area contributed by atoms with Crippen molar-refractivity contribution in [2.45, 2.75) is 44.9 Å². The molecular formula is C24H31N3O3. The van der Waals surface area contributed by atoms with Crippen molar-refractivity contribution in [3.63, 3.8) is 0 Å². The molecule has 4 rings (SSSR count). The van der Waals surface area contributed by atoms with Crippen molar-refractivity contribution in [3.05, 3.63) is 42.2 Å². The maximum Gasteiger partial charge on any atom is 0.230 e. The molecule has 2 heterocycles. The number of rotatable bonds is 5. The van der Waals surface area contributed by atoms with Crippen LogP contribution >= 0.6 is 0 Å². The first-order valence-electron chi connectivity index (χ1n) is 11.0. The molecule has 160 valence electrons. The maximum absolute atomic E-state index is 13.3. The lowest BCUT2D eigenvalue weighted by atomic mass is 9.74. The predicted octanol–water partition coefficient (Wildman–Crippen LogP) is 3.77. The Morgan fingerprint density at radius 1 is 1.17 bits per heavy atom. The van der Waals surface area contributed by atoms with Gasteiger partial charge in [-0.05, 0) is 25.7 Å². The van der Waals surface area contributed by atoms with Crippen LogP contribution in [0.15, 0.2) is 40.9 Å². The molecule has 1 atom stereocenters. The molecule has 1 aliphatic carbocycles. The third kappa shape index (κ3) is 4.13. The summed E-state index contributed by atoms with van der Waals surface area (Å²) in [7, 11) is 3.58. The summed E-state index contributed by atoms with van der Waals surface area (Å²) >= 11 is 0. The Kier molecular flexibility index (Phi) is 5.93. The first-order chi connectivity index (χ1) is 14.5. The molecule has 6 heteroatoms. The molecule has 2 amide bonds. The summed E-state index contributed by atoms with van der Waals surface area (Å²) < 4.78 is 5.65. The summed E-state index contributed by atoms with van der Waals surface area (Å²) in [6.45, 7) is 1.20. The molecule has 0 radical (unpaired) electrons. The molecule has 1 saturated heterocycles. The normalized spacial score (nSPS) is 22.3. The Balaban J connectivity index is 1.57. The second kappa shape index (κ2) is 8.62. The topological polar surface area (TPSA) is 66.7 Å². The molecule has 1 aromatic carbocycles. The molecule has 1 aromatic heterocycles. The zero-order valence-electron chi connectivity index (χ0n) is 18.0. The summed E-state index contributed by atoms with van der Waals surface area (Å²) in [5.41, 5.74) is 1.10. The molecule has 2 aromatic rings. The van der Waals surface area contributed by atoms with Gasteiger partial charge in [-0.3, -0.25) is 9.59 Å². The van der Waals surface area contributed by atoms with Gasteiger partial charge in [0.2, 0.25) is 11.8 Å². The van der Waals surface area contributed by atoms with Crippen molar-refractivity contribution in [1.82, 2.24) is 15.0 Å². The molecule has 0 unspecified atom stereocenters. The van der Waals surface area contributed by atoms with Crippen LogP contribution in [0.2, 0.25) is 0 Å². The van der Waals surface area contributed by atoms with Crippen LogP contribution in [0.3, 0.4) is 0 Å². The van der Waals surface area contributed by atoms with Crippen LogP contribution in [-0.2, 0) is 16.0 Å². The van der Waals surface area contributed by atoms with Crippen LogP contribution in [0, 0.1) is 11.3 Å². The van der Waals surface area contributed by atoms with E-state index < -0.39 is 5.41 Å². The van der Waals surface area contributed by atoms with Crippen LogP contribution in [0.1, 0.15) is 44.3 Å². The van der Waals surface area contributed by atoms with Crippen molar-refractivity contribution in [3.8, 4) is 11.3 Å². The third-order valence-corrected chi connectivity index (χ3v) is 6.59. The van der Waals surface area contributed by atoms with Gasteiger partial charge in [-0.25, -0.2) is 0 Å². The minimum atomic E-state index is -0.663. The van der Waals surface area contributed by atoms with Gasteiger partial charge < -0.3 is 14.3 Å². The Labute approximate surface area is 178 Å². The quantitative estimate of drug-likeness (QED) is 0.754. The molecule has 0 spiro atoms. The van der Waals surface area contributed by atoms with Gasteiger partial charge in [-0.15, -0.1) is 0 Å². The van der Waals surface area contributed by atoms with E-state index in [0.29, 0.717) is 18.7 Å². The number of nitrogens with zero attached hydrogens (tertiary/aromatic N) is 3. The summed E-state index contributed by atoms with van der Waals surface area (Å²) in [6, 6.07) is 11.8. The van der Waals surface area contributed by atoms with E-state index in [9.17, 15) is 9.59 Å². The lowest BCUT2D eigenvalue weighted by Gasteiger charge is -2.43. The van der Waals surface area contributed by atoms with E-state index in [1.807, 2.05) is 41.3 Å². The number of amides is 2. The van der Waals surface area contributed by atoms with E-state index in [-0.39, 0.29) is 17.7 Å². The summed E-state index contributed by atoms with van der Waals surface area (Å²) in [4.78, 5) is 30.0. The van der Waals surface area contributed by atoms with Crippen molar-refractivity contribution in [1.29, 1.82) is 0 Å². The van der Waals surface area contributed by atoms with Gasteiger partial charge in [0.25, 0.3) is 0 Å². The molecule has 0 N–H and O–H groups in total. The van der Waals surface area contributed by atoms with Gasteiger partial charge in [-0.1, -0.05) is 48.3 Å². The molecule has 1 saturated carbocycles. The largest absolute Gasteiger partial charge is 0.361 e. The summed E-state index contributed by atoms with van der Waals surface area (Å²) in [5.74, 6) is 1.11. The zero-order valence-corrected chi connectivity index (χ0v) is 18.0. The Morgan fingerprint density at radius 3 is 2.60 bits per heavy atom. The van der Waals surface area contributed by atoms with E-state index in [2.05, 4.69) is 5.16 Å². The van der Waals surface area contributed by atoms with E-state index in [1.54, 1.807) is 19.0 Å². The Bertz CT molecular complexity index is 886. The summed E-state index contributed by atoms with van der Waals surface area (Å²) in [5, 5.41) is 4.22. The molecule has 2 fully saturated rings. The summed E-state index contributed by atoms with van der Waals surface area (Å²) in [6.07, 6.45) is 6.26. The van der Waals surface area contributed by atoms with E-state index in [4.69, 9.17) is 4.52 Å². The molecule has 30 heavy (non-hydrogen) atoms. The Morgan fingerprint density at radius 2 is 1.90 bits per heavy atom. The van der Waals surface area contributed by atoms with E-state index in [1.165, 1.54) is 0 Å². The number of benzene rings is 1. The van der Waals surface area contributed by atoms with Crippen LogP contribution in [0.25, 0.3) is 11.3 Å². The minimum Gasteiger partial charge on any atom is -0.361 e. The van der Waals surface area contributed by atoms with Crippen LogP contribution in [0.5, 0.6) is 0 Å². The van der Waals surface area contributed by atoms with Crippen molar-refractivity contribution in [2.75, 3.05) is 27.2 Å². The van der Waals surface area contributed by atoms with E-state index >= 15 is 0 Å². The van der Waals surface area contributed by atoms with Gasteiger partial charge in [0.1, 0.15) is 11.5 Å². The monoisotopic (exact) mass is 409 g/mol. The molecule has 2 aliphatic rings. The standard InChI is InChI=1S/C24H31N3O3/c1-26(2)23(29)24(13-8-14-27(17-24)22(28)19-11-6-7-12-19)16-20-15-21(25-30-20)18-9-4-3-5-10-18/h3-5,9-10,15,19H,6-8,11-14,16-17H2,1-2H3/t24-/m0/s1. The second-order valence-electron chi connectivity index (χ2n) is 9.05. The first kappa shape index (κ1) is 20.6. The van der Waals surface area contributed by atoms with Crippen molar-refractivity contribution < 1.29 is 14.1 Å². The highest BCUT2D eigenvalue weighted by molar-refractivity contribution is 5.85. The Hall–Kier alpha value is -2.63. The maximum atomic E-state index is 13.3. The SMILES string of the molecule is CN(C)C(=O)[C@]1(Cc2cc(-c3ccccc3)no2)CCCN(C(=O)C2CCCC2)C1. The van der Waals surface area contributed by atoms with E-state index in [0.717, 1.165) is 56.3 Å². The number of hydrogen-bond acceptors (Lipinski definition) is 4. The second-order valence-corrected chi connectivity index (χ2v) is 9.05. The molecule has 0 bridgehead atoms. The fourth-order valence-electron chi connectivity index (χ4n) is 5.09. The van der Waals surface area contributed by atoms with Gasteiger partial charge in [-0.2, -0.15) is 0 Å². The third-order valence-electron chi connectivity index (χ3n) is 6.59.